The van der Waals surface area contributed by atoms with Gasteiger partial charge in [0.15, 0.2) is 11.6 Å². The quantitative estimate of drug-likeness (QED) is 0.439. The molecule has 0 saturated carbocycles. The molecule has 1 heterocycles. The van der Waals surface area contributed by atoms with Crippen LogP contribution < -0.4 is 10.6 Å². The van der Waals surface area contributed by atoms with E-state index in [1.807, 2.05) is 0 Å². The topological polar surface area (TPSA) is 122 Å². The summed E-state index contributed by atoms with van der Waals surface area (Å²) in [5, 5.41) is 15.7. The molecule has 0 radical (unpaired) electrons. The molecule has 0 aromatic heterocycles. The molecule has 11 heteroatoms. The molecule has 1 unspecified atom stereocenters. The number of aryl methyl sites for hydroxylation is 1. The maximum atomic E-state index is 13.6. The van der Waals surface area contributed by atoms with Gasteiger partial charge in [0.1, 0.15) is 12.1 Å². The fourth-order valence-corrected chi connectivity index (χ4v) is 3.03. The number of carbonyl (C=O) groups is 3. The van der Waals surface area contributed by atoms with E-state index in [2.05, 4.69) is 10.6 Å². The number of hydrogen-bond donors (Lipinski definition) is 2. The Morgan fingerprint density at radius 1 is 1.20 bits per heavy atom. The molecule has 30 heavy (non-hydrogen) atoms. The first-order valence-corrected chi connectivity index (χ1v) is 8.67. The summed E-state index contributed by atoms with van der Waals surface area (Å²) in [7, 11) is 0. The maximum absolute atomic E-state index is 13.6. The van der Waals surface area contributed by atoms with Gasteiger partial charge in [0.25, 0.3) is 11.6 Å². The number of halogens is 2. The Bertz CT molecular complexity index is 1090. The smallest absolute Gasteiger partial charge is 0.324 e. The van der Waals surface area contributed by atoms with E-state index in [9.17, 15) is 33.3 Å². The van der Waals surface area contributed by atoms with Gasteiger partial charge < -0.3 is 10.6 Å². The molecule has 0 spiro atoms. The third-order valence-electron chi connectivity index (χ3n) is 4.78. The molecular weight excluding hydrogens is 402 g/mol. The average Bonchev–Trinajstić information content (AvgIpc) is 2.89. The first kappa shape index (κ1) is 20.8. The Balaban J connectivity index is 1.79. The zero-order valence-electron chi connectivity index (χ0n) is 15.9. The van der Waals surface area contributed by atoms with Crippen LogP contribution in [0.15, 0.2) is 36.4 Å². The van der Waals surface area contributed by atoms with Gasteiger partial charge in [0, 0.05) is 12.1 Å². The van der Waals surface area contributed by atoms with Crippen molar-refractivity contribution < 1.29 is 28.1 Å². The number of nitro benzene ring substituents is 1. The van der Waals surface area contributed by atoms with E-state index in [1.54, 1.807) is 6.92 Å². The number of benzene rings is 2. The van der Waals surface area contributed by atoms with Crippen LogP contribution in [0.5, 0.6) is 0 Å². The lowest BCUT2D eigenvalue weighted by Gasteiger charge is -2.22. The molecule has 1 atom stereocenters. The van der Waals surface area contributed by atoms with Gasteiger partial charge in [-0.05, 0) is 37.1 Å². The van der Waals surface area contributed by atoms with Gasteiger partial charge in [0.2, 0.25) is 5.91 Å². The van der Waals surface area contributed by atoms with Crippen molar-refractivity contribution in [3.8, 4) is 0 Å². The summed E-state index contributed by atoms with van der Waals surface area (Å²) in [6.07, 6.45) is 0. The molecule has 1 aliphatic heterocycles. The van der Waals surface area contributed by atoms with E-state index >= 15 is 0 Å². The van der Waals surface area contributed by atoms with Gasteiger partial charge in [-0.25, -0.2) is 13.6 Å². The number of carbonyl (C=O) groups excluding carboxylic acids is 3. The van der Waals surface area contributed by atoms with Crippen LogP contribution in [0.2, 0.25) is 0 Å². The van der Waals surface area contributed by atoms with Crippen LogP contribution in [-0.4, -0.2) is 34.2 Å². The fourth-order valence-electron chi connectivity index (χ4n) is 3.03. The molecule has 1 aliphatic rings. The summed E-state index contributed by atoms with van der Waals surface area (Å²) in [6.45, 7) is 2.25. The first-order valence-electron chi connectivity index (χ1n) is 8.67. The van der Waals surface area contributed by atoms with Crippen molar-refractivity contribution in [2.75, 3.05) is 11.9 Å². The molecule has 0 aliphatic carbocycles. The summed E-state index contributed by atoms with van der Waals surface area (Å²) in [5.41, 5.74) is -1.22. The number of nitrogens with one attached hydrogen (secondary N) is 2. The van der Waals surface area contributed by atoms with Crippen molar-refractivity contribution in [1.82, 2.24) is 10.2 Å². The molecule has 2 aromatic rings. The lowest BCUT2D eigenvalue weighted by molar-refractivity contribution is -0.384. The largest absolute Gasteiger partial charge is 0.325 e. The van der Waals surface area contributed by atoms with E-state index in [1.165, 1.54) is 19.1 Å². The highest BCUT2D eigenvalue weighted by Gasteiger charge is 2.49. The number of nitrogens with zero attached hydrogens (tertiary/aromatic N) is 2. The van der Waals surface area contributed by atoms with Gasteiger partial charge >= 0.3 is 6.03 Å². The number of amides is 4. The number of urea groups is 1. The molecule has 3 rings (SSSR count). The van der Waals surface area contributed by atoms with E-state index in [-0.39, 0.29) is 16.9 Å². The summed E-state index contributed by atoms with van der Waals surface area (Å²) < 4.78 is 26.8. The third-order valence-corrected chi connectivity index (χ3v) is 4.78. The molecule has 2 aromatic carbocycles. The Kier molecular flexibility index (Phi) is 5.21. The van der Waals surface area contributed by atoms with E-state index in [0.29, 0.717) is 10.5 Å². The molecule has 1 saturated heterocycles. The summed E-state index contributed by atoms with van der Waals surface area (Å²) >= 11 is 0. The van der Waals surface area contributed by atoms with Crippen molar-refractivity contribution in [1.29, 1.82) is 0 Å². The monoisotopic (exact) mass is 418 g/mol. The highest BCUT2D eigenvalue weighted by Crippen LogP contribution is 2.30. The van der Waals surface area contributed by atoms with Crippen molar-refractivity contribution in [2.24, 2.45) is 0 Å². The summed E-state index contributed by atoms with van der Waals surface area (Å²) in [6, 6.07) is 5.77. The number of rotatable bonds is 5. The second-order valence-corrected chi connectivity index (χ2v) is 6.88. The van der Waals surface area contributed by atoms with Crippen molar-refractivity contribution >= 4 is 29.2 Å². The summed E-state index contributed by atoms with van der Waals surface area (Å²) in [5.74, 6) is -3.89. The van der Waals surface area contributed by atoms with Crippen molar-refractivity contribution in [2.45, 2.75) is 19.4 Å². The highest BCUT2D eigenvalue weighted by molar-refractivity contribution is 6.10. The second kappa shape index (κ2) is 7.50. The van der Waals surface area contributed by atoms with Gasteiger partial charge in [-0.2, -0.15) is 0 Å². The molecule has 2 N–H and O–H groups in total. The van der Waals surface area contributed by atoms with E-state index in [4.69, 9.17) is 0 Å². The van der Waals surface area contributed by atoms with E-state index < -0.39 is 46.5 Å². The minimum atomic E-state index is -1.69. The standard InChI is InChI=1S/C19H16F2N4O5/c1-10-3-5-12(25(29)30)8-15(10)22-16(26)9-24-17(27)19(2,23-18(24)28)11-4-6-13(20)14(21)7-11/h3-8H,9H2,1-2H3,(H,22,26)(H,23,28). The number of hydrogen-bond acceptors (Lipinski definition) is 5. The van der Waals surface area contributed by atoms with Crippen molar-refractivity contribution in [3.63, 3.8) is 0 Å². The Morgan fingerprint density at radius 3 is 2.53 bits per heavy atom. The predicted molar refractivity (Wildman–Crippen MR) is 100 cm³/mol. The SMILES string of the molecule is Cc1ccc([N+](=O)[O-])cc1NC(=O)CN1C(=O)NC(C)(c2ccc(F)c(F)c2)C1=O. The number of nitro groups is 1. The van der Waals surface area contributed by atoms with Gasteiger partial charge in [-0.3, -0.25) is 24.6 Å². The Morgan fingerprint density at radius 2 is 1.90 bits per heavy atom. The Hall–Kier alpha value is -3.89. The van der Waals surface area contributed by atoms with Crippen molar-refractivity contribution in [3.05, 3.63) is 69.3 Å². The van der Waals surface area contributed by atoms with Crippen LogP contribution in [0.3, 0.4) is 0 Å². The molecular formula is C19H16F2N4O5. The van der Waals surface area contributed by atoms with Crippen LogP contribution in [0.25, 0.3) is 0 Å². The zero-order chi connectivity index (χ0) is 22.2. The van der Waals surface area contributed by atoms with E-state index in [0.717, 1.165) is 24.3 Å². The van der Waals surface area contributed by atoms with Crippen LogP contribution >= 0.6 is 0 Å². The fraction of sp³-hybridized carbons (Fsp3) is 0.211. The predicted octanol–water partition coefficient (Wildman–Crippen LogP) is 2.59. The average molecular weight is 418 g/mol. The first-order chi connectivity index (χ1) is 14.0. The number of imide groups is 1. The normalized spacial score (nSPS) is 18.3. The molecule has 4 amide bonds. The van der Waals surface area contributed by atoms with Gasteiger partial charge in [-0.15, -0.1) is 0 Å². The Labute approximate surface area is 168 Å². The lowest BCUT2D eigenvalue weighted by Crippen LogP contribution is -2.42. The lowest BCUT2D eigenvalue weighted by atomic mass is 9.92. The minimum absolute atomic E-state index is 0.0113. The summed E-state index contributed by atoms with van der Waals surface area (Å²) in [4.78, 5) is 48.4. The molecule has 0 bridgehead atoms. The van der Waals surface area contributed by atoms with Crippen LogP contribution in [0, 0.1) is 28.7 Å². The zero-order valence-corrected chi connectivity index (χ0v) is 15.9. The number of non-ortho nitro benzene ring substituents is 1. The minimum Gasteiger partial charge on any atom is -0.324 e. The third kappa shape index (κ3) is 3.69. The van der Waals surface area contributed by atoms with Crippen LogP contribution in [-0.2, 0) is 15.1 Å². The van der Waals surface area contributed by atoms with Gasteiger partial charge in [0.05, 0.1) is 10.6 Å². The van der Waals surface area contributed by atoms with Crippen LogP contribution in [0.1, 0.15) is 18.1 Å². The second-order valence-electron chi connectivity index (χ2n) is 6.88. The van der Waals surface area contributed by atoms with Crippen LogP contribution in [0.4, 0.5) is 25.0 Å². The maximum Gasteiger partial charge on any atom is 0.325 e. The molecule has 156 valence electrons. The van der Waals surface area contributed by atoms with Gasteiger partial charge in [-0.1, -0.05) is 12.1 Å². The highest BCUT2D eigenvalue weighted by atomic mass is 19.2. The molecule has 9 nitrogen and oxygen atoms in total. The molecule has 1 fully saturated rings. The number of anilines is 1.